The van der Waals surface area contributed by atoms with Crippen molar-refractivity contribution in [3.05, 3.63) is 35.1 Å². The van der Waals surface area contributed by atoms with Gasteiger partial charge >= 0.3 is 0 Å². The van der Waals surface area contributed by atoms with Crippen LogP contribution >= 0.6 is 11.3 Å². The second kappa shape index (κ2) is 5.16. The second-order valence-corrected chi connectivity index (χ2v) is 5.50. The lowest BCUT2D eigenvalue weighted by Crippen LogP contribution is -2.12. The number of halogens is 2. The molecule has 1 atom stereocenters. The van der Waals surface area contributed by atoms with E-state index in [9.17, 15) is 8.78 Å². The quantitative estimate of drug-likeness (QED) is 0.912. The molecule has 0 spiro atoms. The smallest absolute Gasteiger partial charge is 0.291 e. The number of anilines is 1. The lowest BCUT2D eigenvalue weighted by Gasteiger charge is -2.17. The normalized spacial score (nSPS) is 16.6. The zero-order valence-electron chi connectivity index (χ0n) is 9.96. The molecule has 1 N–H and O–H groups in total. The topological polar surface area (TPSA) is 50.7 Å². The zero-order valence-corrected chi connectivity index (χ0v) is 10.8. The maximum absolute atomic E-state index is 12.5. The molecule has 1 saturated carbocycles. The van der Waals surface area contributed by atoms with E-state index < -0.39 is 6.43 Å². The fourth-order valence-electron chi connectivity index (χ4n) is 1.99. The largest absolute Gasteiger partial charge is 0.353 e. The summed E-state index contributed by atoms with van der Waals surface area (Å²) in [5.74, 6) is 0.529. The van der Waals surface area contributed by atoms with Gasteiger partial charge in [0.05, 0.1) is 6.04 Å². The third-order valence-corrected chi connectivity index (χ3v) is 3.93. The van der Waals surface area contributed by atoms with Crippen LogP contribution in [0.2, 0.25) is 0 Å². The van der Waals surface area contributed by atoms with Crippen LogP contribution in [0, 0.1) is 5.92 Å². The Morgan fingerprint density at radius 2 is 1.95 bits per heavy atom. The molecule has 7 heteroatoms. The molecule has 2 aromatic heterocycles. The first-order valence-corrected chi connectivity index (χ1v) is 6.83. The fraction of sp³-hybridized carbons (Fsp3) is 0.417. The van der Waals surface area contributed by atoms with E-state index >= 15 is 0 Å². The standard InChI is InChI=1S/C12H12F2N4S/c13-10(14)11-17-18-12(19-11)16-9(7-1-2-7)8-3-5-15-6-4-8/h3-7,9-10H,1-2H2,(H,16,18). The number of aromatic nitrogens is 3. The van der Waals surface area contributed by atoms with Crippen LogP contribution in [-0.4, -0.2) is 15.2 Å². The molecule has 0 saturated heterocycles. The Balaban J connectivity index is 1.78. The molecule has 1 fully saturated rings. The Bertz CT molecular complexity index is 542. The molecule has 19 heavy (non-hydrogen) atoms. The third kappa shape index (κ3) is 2.86. The van der Waals surface area contributed by atoms with Crippen LogP contribution in [0.4, 0.5) is 13.9 Å². The van der Waals surface area contributed by atoms with Crippen LogP contribution in [0.15, 0.2) is 24.5 Å². The Hall–Kier alpha value is -1.63. The molecule has 0 radical (unpaired) electrons. The monoisotopic (exact) mass is 282 g/mol. The van der Waals surface area contributed by atoms with E-state index in [-0.39, 0.29) is 11.0 Å². The maximum atomic E-state index is 12.5. The molecule has 100 valence electrons. The van der Waals surface area contributed by atoms with Crippen LogP contribution in [0.5, 0.6) is 0 Å². The van der Waals surface area contributed by atoms with E-state index in [1.165, 1.54) is 0 Å². The molecule has 1 aliphatic carbocycles. The molecule has 1 unspecified atom stereocenters. The van der Waals surface area contributed by atoms with Crippen molar-refractivity contribution in [2.45, 2.75) is 25.3 Å². The molecule has 0 aliphatic heterocycles. The predicted molar refractivity (Wildman–Crippen MR) is 68.2 cm³/mol. The van der Waals surface area contributed by atoms with Gasteiger partial charge in [-0.25, -0.2) is 8.78 Å². The summed E-state index contributed by atoms with van der Waals surface area (Å²) in [4.78, 5) is 3.99. The van der Waals surface area contributed by atoms with E-state index in [1.54, 1.807) is 12.4 Å². The van der Waals surface area contributed by atoms with Gasteiger partial charge in [0, 0.05) is 12.4 Å². The van der Waals surface area contributed by atoms with Gasteiger partial charge in [-0.15, -0.1) is 10.2 Å². The van der Waals surface area contributed by atoms with E-state index in [2.05, 4.69) is 20.5 Å². The first kappa shape index (κ1) is 12.4. The van der Waals surface area contributed by atoms with Gasteiger partial charge < -0.3 is 5.32 Å². The van der Waals surface area contributed by atoms with Crippen LogP contribution < -0.4 is 5.32 Å². The van der Waals surface area contributed by atoms with Crippen molar-refractivity contribution in [2.75, 3.05) is 5.32 Å². The number of hydrogen-bond donors (Lipinski definition) is 1. The summed E-state index contributed by atoms with van der Waals surface area (Å²) >= 11 is 0.910. The number of alkyl halides is 2. The summed E-state index contributed by atoms with van der Waals surface area (Å²) in [6.45, 7) is 0. The highest BCUT2D eigenvalue weighted by Gasteiger charge is 2.33. The van der Waals surface area contributed by atoms with Crippen molar-refractivity contribution >= 4 is 16.5 Å². The minimum atomic E-state index is -2.56. The molecule has 1 aliphatic rings. The van der Waals surface area contributed by atoms with Crippen LogP contribution in [0.3, 0.4) is 0 Å². The summed E-state index contributed by atoms with van der Waals surface area (Å²) in [7, 11) is 0. The maximum Gasteiger partial charge on any atom is 0.291 e. The fourth-order valence-corrected chi connectivity index (χ4v) is 2.62. The van der Waals surface area contributed by atoms with Crippen molar-refractivity contribution in [3.8, 4) is 0 Å². The van der Waals surface area contributed by atoms with Gasteiger partial charge in [-0.1, -0.05) is 11.3 Å². The molecule has 0 aromatic carbocycles. The average molecular weight is 282 g/mol. The average Bonchev–Trinajstić information content (AvgIpc) is 3.15. The summed E-state index contributed by atoms with van der Waals surface area (Å²) in [5.41, 5.74) is 1.10. The lowest BCUT2D eigenvalue weighted by atomic mass is 10.0. The van der Waals surface area contributed by atoms with Gasteiger partial charge in [0.25, 0.3) is 6.43 Å². The van der Waals surface area contributed by atoms with E-state index in [4.69, 9.17) is 0 Å². The second-order valence-electron chi connectivity index (χ2n) is 4.49. The van der Waals surface area contributed by atoms with Crippen LogP contribution in [0.25, 0.3) is 0 Å². The predicted octanol–water partition coefficient (Wildman–Crippen LogP) is 3.43. The van der Waals surface area contributed by atoms with Crippen LogP contribution in [-0.2, 0) is 0 Å². The summed E-state index contributed by atoms with van der Waals surface area (Å²) < 4.78 is 25.0. The number of hydrogen-bond acceptors (Lipinski definition) is 5. The molecule has 0 bridgehead atoms. The molecule has 2 heterocycles. The van der Waals surface area contributed by atoms with Crippen molar-refractivity contribution in [1.29, 1.82) is 0 Å². The minimum Gasteiger partial charge on any atom is -0.353 e. The Morgan fingerprint density at radius 1 is 1.21 bits per heavy atom. The lowest BCUT2D eigenvalue weighted by molar-refractivity contribution is 0.150. The Labute approximate surface area is 112 Å². The van der Waals surface area contributed by atoms with Gasteiger partial charge in [0.1, 0.15) is 0 Å². The summed E-state index contributed by atoms with van der Waals surface area (Å²) in [6.07, 6.45) is 3.18. The molecule has 2 aromatic rings. The highest BCUT2D eigenvalue weighted by Crippen LogP contribution is 2.43. The first-order valence-electron chi connectivity index (χ1n) is 6.02. The number of pyridine rings is 1. The summed E-state index contributed by atoms with van der Waals surface area (Å²) in [5, 5.41) is 10.7. The minimum absolute atomic E-state index is 0.0986. The molecule has 4 nitrogen and oxygen atoms in total. The molecule has 0 amide bonds. The van der Waals surface area contributed by atoms with E-state index in [1.807, 2.05) is 12.1 Å². The first-order chi connectivity index (χ1) is 9.24. The number of nitrogens with zero attached hydrogens (tertiary/aromatic N) is 3. The van der Waals surface area contributed by atoms with Crippen molar-refractivity contribution in [1.82, 2.24) is 15.2 Å². The van der Waals surface area contributed by atoms with E-state index in [0.717, 1.165) is 29.7 Å². The van der Waals surface area contributed by atoms with Gasteiger partial charge in [0.15, 0.2) is 5.01 Å². The molecule has 3 rings (SSSR count). The van der Waals surface area contributed by atoms with Crippen molar-refractivity contribution < 1.29 is 8.78 Å². The third-order valence-electron chi connectivity index (χ3n) is 3.06. The van der Waals surface area contributed by atoms with Gasteiger partial charge in [-0.05, 0) is 36.5 Å². The number of nitrogens with one attached hydrogen (secondary N) is 1. The van der Waals surface area contributed by atoms with Crippen LogP contribution in [0.1, 0.15) is 35.9 Å². The highest BCUT2D eigenvalue weighted by atomic mass is 32.1. The van der Waals surface area contributed by atoms with Crippen molar-refractivity contribution in [2.24, 2.45) is 5.92 Å². The van der Waals surface area contributed by atoms with Gasteiger partial charge in [-0.3, -0.25) is 4.98 Å². The molecular formula is C12H12F2N4S. The Kier molecular flexibility index (Phi) is 3.37. The van der Waals surface area contributed by atoms with E-state index in [0.29, 0.717) is 11.0 Å². The Morgan fingerprint density at radius 3 is 2.53 bits per heavy atom. The molecular weight excluding hydrogens is 270 g/mol. The van der Waals surface area contributed by atoms with Gasteiger partial charge in [0.2, 0.25) is 5.13 Å². The SMILES string of the molecule is FC(F)c1nnc(NC(c2ccncc2)C2CC2)s1. The number of rotatable bonds is 5. The highest BCUT2D eigenvalue weighted by molar-refractivity contribution is 7.15. The van der Waals surface area contributed by atoms with Crippen molar-refractivity contribution in [3.63, 3.8) is 0 Å². The zero-order chi connectivity index (χ0) is 13.2. The van der Waals surface area contributed by atoms with Gasteiger partial charge in [-0.2, -0.15) is 0 Å². The summed E-state index contributed by atoms with van der Waals surface area (Å²) in [6, 6.07) is 3.97.